The molecular formula is C26H50. The number of hydrogen-bond acceptors (Lipinski definition) is 0. The average molecular weight is 363 g/mol. The first kappa shape index (κ1) is 23.8. The van der Waals surface area contributed by atoms with Gasteiger partial charge in [-0.2, -0.15) is 0 Å². The fraction of sp³-hybridized carbons (Fsp3) is 0.923. The van der Waals surface area contributed by atoms with Crippen LogP contribution in [-0.4, -0.2) is 0 Å². The standard InChI is InChI=1S/C26H50/c1-3-5-7-9-11-12-13-14-15-17-19-21-23-26(24-25-26)22-20-18-16-10-8-6-4-2/h15,17H,3-14,16,18-25H2,1-2H3/b17-15-. The van der Waals surface area contributed by atoms with E-state index in [1.165, 1.54) is 135 Å². The zero-order valence-electron chi connectivity index (χ0n) is 18.5. The lowest BCUT2D eigenvalue weighted by atomic mass is 9.92. The van der Waals surface area contributed by atoms with E-state index < -0.39 is 0 Å². The van der Waals surface area contributed by atoms with Crippen molar-refractivity contribution in [1.29, 1.82) is 0 Å². The van der Waals surface area contributed by atoms with Crippen molar-refractivity contribution in [2.45, 2.75) is 149 Å². The van der Waals surface area contributed by atoms with Crippen LogP contribution >= 0.6 is 0 Å². The van der Waals surface area contributed by atoms with Gasteiger partial charge < -0.3 is 0 Å². The minimum atomic E-state index is 0.801. The summed E-state index contributed by atoms with van der Waals surface area (Å²) in [6.45, 7) is 4.60. The Kier molecular flexibility index (Phi) is 15.4. The molecule has 0 atom stereocenters. The predicted octanol–water partition coefficient (Wildman–Crippen LogP) is 9.77. The third-order valence-electron chi connectivity index (χ3n) is 6.49. The van der Waals surface area contributed by atoms with Crippen molar-refractivity contribution in [2.75, 3.05) is 0 Å². The van der Waals surface area contributed by atoms with Crippen molar-refractivity contribution in [2.24, 2.45) is 5.41 Å². The third kappa shape index (κ3) is 13.9. The number of hydrogen-bond donors (Lipinski definition) is 0. The van der Waals surface area contributed by atoms with Gasteiger partial charge in [-0.05, 0) is 56.8 Å². The average Bonchev–Trinajstić information content (AvgIpc) is 3.42. The Morgan fingerprint density at radius 2 is 0.923 bits per heavy atom. The number of rotatable bonds is 20. The van der Waals surface area contributed by atoms with E-state index in [1.807, 2.05) is 0 Å². The molecule has 0 heterocycles. The second kappa shape index (κ2) is 16.9. The first-order valence-corrected chi connectivity index (χ1v) is 12.5. The highest BCUT2D eigenvalue weighted by atomic mass is 14.5. The molecule has 0 spiro atoms. The van der Waals surface area contributed by atoms with Crippen LogP contribution < -0.4 is 0 Å². The van der Waals surface area contributed by atoms with E-state index >= 15 is 0 Å². The molecule has 0 saturated heterocycles. The minimum Gasteiger partial charge on any atom is -0.0885 e. The van der Waals surface area contributed by atoms with Crippen molar-refractivity contribution >= 4 is 0 Å². The molecule has 1 saturated carbocycles. The smallest absolute Gasteiger partial charge is 0.0297 e. The molecular weight excluding hydrogens is 312 g/mol. The molecule has 0 aliphatic heterocycles. The van der Waals surface area contributed by atoms with E-state index in [0.29, 0.717) is 0 Å². The van der Waals surface area contributed by atoms with Gasteiger partial charge in [0, 0.05) is 0 Å². The molecule has 1 aliphatic carbocycles. The maximum atomic E-state index is 2.47. The van der Waals surface area contributed by atoms with Crippen LogP contribution in [0.4, 0.5) is 0 Å². The highest BCUT2D eigenvalue weighted by Crippen LogP contribution is 2.53. The summed E-state index contributed by atoms with van der Waals surface area (Å²) in [6.07, 6.45) is 35.3. The molecule has 1 rings (SSSR count). The fourth-order valence-electron chi connectivity index (χ4n) is 4.31. The molecule has 0 bridgehead atoms. The summed E-state index contributed by atoms with van der Waals surface area (Å²) in [5.41, 5.74) is 0.801. The van der Waals surface area contributed by atoms with Gasteiger partial charge in [0.15, 0.2) is 0 Å². The SMILES string of the molecule is CCCCCCCCC/C=C\CCCC1(CCCCCCCCC)CC1. The Labute approximate surface area is 166 Å². The summed E-state index contributed by atoms with van der Waals surface area (Å²) >= 11 is 0. The first-order chi connectivity index (χ1) is 12.8. The summed E-state index contributed by atoms with van der Waals surface area (Å²) in [5, 5.41) is 0. The second-order valence-electron chi connectivity index (χ2n) is 9.14. The van der Waals surface area contributed by atoms with Crippen molar-refractivity contribution in [3.05, 3.63) is 12.2 Å². The third-order valence-corrected chi connectivity index (χ3v) is 6.49. The molecule has 0 heteroatoms. The van der Waals surface area contributed by atoms with E-state index in [2.05, 4.69) is 26.0 Å². The van der Waals surface area contributed by atoms with Crippen LogP contribution in [0.5, 0.6) is 0 Å². The van der Waals surface area contributed by atoms with Crippen molar-refractivity contribution in [1.82, 2.24) is 0 Å². The quantitative estimate of drug-likeness (QED) is 0.149. The molecule has 0 aromatic rings. The molecule has 0 radical (unpaired) electrons. The van der Waals surface area contributed by atoms with E-state index in [4.69, 9.17) is 0 Å². The van der Waals surface area contributed by atoms with E-state index in [0.717, 1.165) is 5.41 Å². The Morgan fingerprint density at radius 3 is 1.46 bits per heavy atom. The van der Waals surface area contributed by atoms with Gasteiger partial charge in [-0.1, -0.05) is 109 Å². The topological polar surface area (TPSA) is 0 Å². The number of allylic oxidation sites excluding steroid dienone is 2. The van der Waals surface area contributed by atoms with Gasteiger partial charge in [0.05, 0.1) is 0 Å². The van der Waals surface area contributed by atoms with Gasteiger partial charge in [-0.15, -0.1) is 0 Å². The largest absolute Gasteiger partial charge is 0.0885 e. The zero-order chi connectivity index (χ0) is 18.8. The highest BCUT2D eigenvalue weighted by molar-refractivity contribution is 4.93. The van der Waals surface area contributed by atoms with E-state index in [-0.39, 0.29) is 0 Å². The highest BCUT2D eigenvalue weighted by Gasteiger charge is 2.40. The molecule has 1 aliphatic rings. The van der Waals surface area contributed by atoms with Crippen LogP contribution in [0.2, 0.25) is 0 Å². The molecule has 0 aromatic carbocycles. The normalized spacial score (nSPS) is 15.8. The van der Waals surface area contributed by atoms with E-state index in [9.17, 15) is 0 Å². The monoisotopic (exact) mass is 362 g/mol. The maximum Gasteiger partial charge on any atom is -0.0297 e. The molecule has 1 fully saturated rings. The van der Waals surface area contributed by atoms with Crippen LogP contribution in [0.1, 0.15) is 149 Å². The van der Waals surface area contributed by atoms with Crippen LogP contribution in [0.15, 0.2) is 12.2 Å². The molecule has 0 nitrogen and oxygen atoms in total. The summed E-state index contributed by atoms with van der Waals surface area (Å²) < 4.78 is 0. The maximum absolute atomic E-state index is 2.47. The van der Waals surface area contributed by atoms with E-state index in [1.54, 1.807) is 0 Å². The molecule has 154 valence electrons. The summed E-state index contributed by atoms with van der Waals surface area (Å²) in [4.78, 5) is 0. The van der Waals surface area contributed by atoms with Crippen molar-refractivity contribution in [3.63, 3.8) is 0 Å². The van der Waals surface area contributed by atoms with Crippen LogP contribution in [0.3, 0.4) is 0 Å². The Bertz CT molecular complexity index is 310. The fourth-order valence-corrected chi connectivity index (χ4v) is 4.31. The predicted molar refractivity (Wildman–Crippen MR) is 120 cm³/mol. The Morgan fingerprint density at radius 1 is 0.500 bits per heavy atom. The van der Waals surface area contributed by atoms with Gasteiger partial charge in [0.25, 0.3) is 0 Å². The minimum absolute atomic E-state index is 0.801. The lowest BCUT2D eigenvalue weighted by Gasteiger charge is -2.14. The van der Waals surface area contributed by atoms with Gasteiger partial charge >= 0.3 is 0 Å². The summed E-state index contributed by atoms with van der Waals surface area (Å²) in [5.74, 6) is 0. The molecule has 0 unspecified atom stereocenters. The van der Waals surface area contributed by atoms with Crippen LogP contribution in [0, 0.1) is 5.41 Å². The molecule has 0 amide bonds. The second-order valence-corrected chi connectivity index (χ2v) is 9.14. The van der Waals surface area contributed by atoms with Gasteiger partial charge in [-0.25, -0.2) is 0 Å². The molecule has 26 heavy (non-hydrogen) atoms. The summed E-state index contributed by atoms with van der Waals surface area (Å²) in [7, 11) is 0. The summed E-state index contributed by atoms with van der Waals surface area (Å²) in [6, 6.07) is 0. The Hall–Kier alpha value is -0.260. The van der Waals surface area contributed by atoms with Gasteiger partial charge in [0.2, 0.25) is 0 Å². The van der Waals surface area contributed by atoms with Crippen molar-refractivity contribution in [3.8, 4) is 0 Å². The lowest BCUT2D eigenvalue weighted by molar-refractivity contribution is 0.393. The Balaban J connectivity index is 1.85. The molecule has 0 aromatic heterocycles. The van der Waals surface area contributed by atoms with Crippen molar-refractivity contribution < 1.29 is 0 Å². The zero-order valence-corrected chi connectivity index (χ0v) is 18.5. The molecule has 0 N–H and O–H groups in total. The van der Waals surface area contributed by atoms with Crippen LogP contribution in [-0.2, 0) is 0 Å². The van der Waals surface area contributed by atoms with Gasteiger partial charge in [0.1, 0.15) is 0 Å². The van der Waals surface area contributed by atoms with Crippen LogP contribution in [0.25, 0.3) is 0 Å². The number of unbranched alkanes of at least 4 members (excludes halogenated alkanes) is 14. The van der Waals surface area contributed by atoms with Gasteiger partial charge in [-0.3, -0.25) is 0 Å². The lowest BCUT2D eigenvalue weighted by Crippen LogP contribution is -2.00. The first-order valence-electron chi connectivity index (χ1n) is 12.5.